The fraction of sp³-hybridized carbons (Fsp3) is 0.643. The van der Waals surface area contributed by atoms with Gasteiger partial charge in [-0.05, 0) is 24.6 Å². The van der Waals surface area contributed by atoms with Gasteiger partial charge in [0.1, 0.15) is 13.2 Å². The number of carbonyl (C=O) groups excluding carboxylic acids is 4. The van der Waals surface area contributed by atoms with Crippen LogP contribution in [0.15, 0.2) is 18.2 Å². The van der Waals surface area contributed by atoms with E-state index in [0.717, 1.165) is 0 Å². The van der Waals surface area contributed by atoms with E-state index in [1.165, 1.54) is 23.3 Å². The van der Waals surface area contributed by atoms with Crippen molar-refractivity contribution in [1.29, 1.82) is 0 Å². The van der Waals surface area contributed by atoms with E-state index in [-0.39, 0.29) is 12.5 Å². The molecule has 0 amide bonds. The molecule has 0 spiro atoms. The van der Waals surface area contributed by atoms with Gasteiger partial charge in [0.05, 0.1) is 11.5 Å². The average molecular weight is 1040 g/mol. The van der Waals surface area contributed by atoms with Crippen LogP contribution in [0.5, 0.6) is 11.5 Å². The summed E-state index contributed by atoms with van der Waals surface area (Å²) >= 11 is 0. The lowest BCUT2D eigenvalue weighted by molar-refractivity contribution is -0.539. The summed E-state index contributed by atoms with van der Waals surface area (Å²) in [5.41, 5.74) is -1.62. The Kier molecular flexibility index (Phi) is 17.0. The van der Waals surface area contributed by atoms with E-state index in [4.69, 9.17) is 0 Å². The number of alkyl halides is 26. The fourth-order valence-electron chi connectivity index (χ4n) is 3.60. The number of esters is 4. The van der Waals surface area contributed by atoms with Gasteiger partial charge in [-0.15, -0.1) is 26.3 Å². The fourth-order valence-corrected chi connectivity index (χ4v) is 3.60. The third kappa shape index (κ3) is 13.2. The quantitative estimate of drug-likeness (QED) is 0.0599. The SMILES string of the molecule is CCC(C)C(=O)OCCOC(=O)c1ccc(OC(=O)C(F)(OC(F)(F)C(F)(OC(F)(F)F)C(F)(F)F)C(F)(F)F)c(OC(=O)C(F)(OC(F)(F)C(F)(OC(F)(F)F)C(F)(F)F)C(F)(F)F)c1. The number of hydrogen-bond acceptors (Lipinski definition) is 12. The summed E-state index contributed by atoms with van der Waals surface area (Å²) in [5, 5.41) is 0. The lowest BCUT2D eigenvalue weighted by atomic mass is 10.1. The first kappa shape index (κ1) is 59.1. The number of carbonyl (C=O) groups is 4. The second-order valence-electron chi connectivity index (χ2n) is 11.8. The number of benzene rings is 1. The van der Waals surface area contributed by atoms with Crippen LogP contribution in [-0.4, -0.2) is 110 Å². The van der Waals surface area contributed by atoms with Gasteiger partial charge >= 0.3 is 96.9 Å². The molecule has 0 aliphatic carbocycles. The van der Waals surface area contributed by atoms with Crippen LogP contribution in [0.25, 0.3) is 0 Å². The Balaban J connectivity index is 4.08. The van der Waals surface area contributed by atoms with Gasteiger partial charge < -0.3 is 18.9 Å². The van der Waals surface area contributed by atoms with Crippen molar-refractivity contribution in [2.45, 2.75) is 93.3 Å². The molecule has 0 fully saturated rings. The molecule has 0 saturated carbocycles. The highest BCUT2D eigenvalue weighted by molar-refractivity contribution is 5.91. The Morgan fingerprint density at radius 1 is 0.485 bits per heavy atom. The van der Waals surface area contributed by atoms with E-state index >= 15 is 8.78 Å². The number of hydrogen-bond donors (Lipinski definition) is 0. The highest BCUT2D eigenvalue weighted by Gasteiger charge is 2.84. The van der Waals surface area contributed by atoms with Crippen molar-refractivity contribution in [3.8, 4) is 11.5 Å². The highest BCUT2D eigenvalue weighted by atomic mass is 19.4. The highest BCUT2D eigenvalue weighted by Crippen LogP contribution is 2.55. The molecule has 0 bridgehead atoms. The van der Waals surface area contributed by atoms with E-state index in [9.17, 15) is 125 Å². The molecule has 0 aromatic heterocycles. The molecule has 0 saturated heterocycles. The third-order valence-electron chi connectivity index (χ3n) is 6.94. The molecule has 38 heteroatoms. The molecule has 1 aromatic rings. The molecule has 5 atom stereocenters. The van der Waals surface area contributed by atoms with Crippen molar-refractivity contribution in [1.82, 2.24) is 0 Å². The standard InChI is InChI=1S/C28H16F26O12/c1-3-9(2)13(55)59-6-7-60-14(56)10-4-5-11(61-15(57)17(29,21(33,34)35)63-25(45,46)19(31,23(39,40)41)65-27(49,50)51)12(8-10)62-16(58)18(30,22(36,37)38)64-26(47,48)20(32,24(42,43)44)66-28(52,53)54/h4-5,8-9H,3,6-7H2,1-2H3. The Hall–Kier alpha value is -4.88. The van der Waals surface area contributed by atoms with Crippen molar-refractivity contribution in [3.63, 3.8) is 0 Å². The summed E-state index contributed by atoms with van der Waals surface area (Å²) in [6.45, 7) is 0.644. The maximum atomic E-state index is 15.1. The van der Waals surface area contributed by atoms with Gasteiger partial charge in [0, 0.05) is 0 Å². The minimum Gasteiger partial charge on any atom is -0.462 e. The van der Waals surface area contributed by atoms with Gasteiger partial charge in [-0.1, -0.05) is 13.8 Å². The monoisotopic (exact) mass is 1040 g/mol. The molecule has 66 heavy (non-hydrogen) atoms. The van der Waals surface area contributed by atoms with Gasteiger partial charge in [-0.25, -0.2) is 23.9 Å². The zero-order chi connectivity index (χ0) is 52.5. The lowest BCUT2D eigenvalue weighted by Crippen LogP contribution is -2.66. The molecule has 12 nitrogen and oxygen atoms in total. The largest absolute Gasteiger partial charge is 0.525 e. The number of rotatable bonds is 18. The maximum absolute atomic E-state index is 15.1. The summed E-state index contributed by atoms with van der Waals surface area (Å²) in [6, 6.07) is -1.55. The van der Waals surface area contributed by atoms with Gasteiger partial charge in [-0.2, -0.15) is 87.8 Å². The Morgan fingerprint density at radius 3 is 1.15 bits per heavy atom. The van der Waals surface area contributed by atoms with Crippen LogP contribution in [0.1, 0.15) is 30.6 Å². The second-order valence-corrected chi connectivity index (χ2v) is 11.8. The van der Waals surface area contributed by atoms with Crippen molar-refractivity contribution in [2.24, 2.45) is 5.92 Å². The first-order valence-electron chi connectivity index (χ1n) is 15.6. The first-order valence-corrected chi connectivity index (χ1v) is 15.6. The molecule has 0 aliphatic heterocycles. The predicted octanol–water partition coefficient (Wildman–Crippen LogP) is 9.45. The van der Waals surface area contributed by atoms with Crippen molar-refractivity contribution < 1.29 is 171 Å². The van der Waals surface area contributed by atoms with E-state index in [1.807, 2.05) is 9.47 Å². The van der Waals surface area contributed by atoms with Crippen molar-refractivity contribution >= 4 is 23.9 Å². The lowest BCUT2D eigenvalue weighted by Gasteiger charge is -2.37. The van der Waals surface area contributed by atoms with Crippen LogP contribution in [-0.2, 0) is 42.8 Å². The molecule has 0 heterocycles. The number of halogens is 26. The van der Waals surface area contributed by atoms with Crippen LogP contribution in [0, 0.1) is 5.92 Å². The smallest absolute Gasteiger partial charge is 0.462 e. The molecule has 382 valence electrons. The van der Waals surface area contributed by atoms with E-state index in [2.05, 4.69) is 18.9 Å². The molecule has 0 aliphatic rings. The molecular formula is C28H16F26O12. The van der Waals surface area contributed by atoms with Crippen molar-refractivity contribution in [2.75, 3.05) is 13.2 Å². The minimum atomic E-state index is -8.15. The predicted molar refractivity (Wildman–Crippen MR) is 144 cm³/mol. The van der Waals surface area contributed by atoms with Gasteiger partial charge in [-0.3, -0.25) is 14.3 Å². The van der Waals surface area contributed by atoms with E-state index in [1.54, 1.807) is 0 Å². The summed E-state index contributed by atoms with van der Waals surface area (Å²) in [4.78, 5) is 48.8. The molecule has 0 radical (unpaired) electrons. The summed E-state index contributed by atoms with van der Waals surface area (Å²) < 4.78 is 373. The van der Waals surface area contributed by atoms with Crippen LogP contribution in [0.3, 0.4) is 0 Å². The Bertz CT molecular complexity index is 1910. The minimum absolute atomic E-state index is 0.129. The van der Waals surface area contributed by atoms with E-state index < -0.39 is 145 Å². The third-order valence-corrected chi connectivity index (χ3v) is 6.94. The van der Waals surface area contributed by atoms with Gasteiger partial charge in [0.25, 0.3) is 0 Å². The molecule has 5 unspecified atom stereocenters. The van der Waals surface area contributed by atoms with Crippen LogP contribution in [0.4, 0.5) is 114 Å². The average Bonchev–Trinajstić information content (AvgIpc) is 3.09. The number of ether oxygens (including phenoxy) is 8. The zero-order valence-electron chi connectivity index (χ0n) is 30.7. The topological polar surface area (TPSA) is 142 Å². The van der Waals surface area contributed by atoms with Crippen LogP contribution < -0.4 is 9.47 Å². The van der Waals surface area contributed by atoms with Crippen LogP contribution >= 0.6 is 0 Å². The van der Waals surface area contributed by atoms with Crippen LogP contribution in [0.2, 0.25) is 0 Å². The molecule has 1 rings (SSSR count). The summed E-state index contributed by atoms with van der Waals surface area (Å²) in [7, 11) is 0. The molecule has 1 aromatic carbocycles. The normalized spacial score (nSPS) is 17.9. The Labute approximate surface area is 343 Å². The molecular weight excluding hydrogens is 1020 g/mol. The van der Waals surface area contributed by atoms with Gasteiger partial charge in [0.15, 0.2) is 11.5 Å². The summed E-state index contributed by atoms with van der Waals surface area (Å²) in [5.74, 6) is -50.0. The first-order chi connectivity index (χ1) is 29.0. The molecule has 0 N–H and O–H groups in total. The van der Waals surface area contributed by atoms with E-state index in [0.29, 0.717) is 0 Å². The zero-order valence-corrected chi connectivity index (χ0v) is 30.7. The Morgan fingerprint density at radius 2 is 0.833 bits per heavy atom. The second kappa shape index (κ2) is 19.0. The maximum Gasteiger partial charge on any atom is 0.525 e. The van der Waals surface area contributed by atoms with Crippen molar-refractivity contribution in [3.05, 3.63) is 23.8 Å². The van der Waals surface area contributed by atoms with Gasteiger partial charge in [0.2, 0.25) is 0 Å². The summed E-state index contributed by atoms with van der Waals surface area (Å²) in [6.07, 6.45) is -62.4.